The standard InChI is InChI=1S/C12H11ClO2/c1-7-3-10-9(6-13)5-12(14)15-11(10)4-8(7)2/h3-5H,6H2,1-2H3. The summed E-state index contributed by atoms with van der Waals surface area (Å²) in [6.45, 7) is 4.01. The molecule has 0 spiro atoms. The highest BCUT2D eigenvalue weighted by Crippen LogP contribution is 2.22. The minimum absolute atomic E-state index is 0.324. The van der Waals surface area contributed by atoms with Crippen molar-refractivity contribution in [2.24, 2.45) is 0 Å². The summed E-state index contributed by atoms with van der Waals surface area (Å²) >= 11 is 5.79. The van der Waals surface area contributed by atoms with E-state index < -0.39 is 0 Å². The van der Waals surface area contributed by atoms with Gasteiger partial charge in [0, 0.05) is 17.3 Å². The van der Waals surface area contributed by atoms with Crippen LogP contribution in [0.2, 0.25) is 0 Å². The van der Waals surface area contributed by atoms with Crippen molar-refractivity contribution >= 4 is 22.6 Å². The number of aryl methyl sites for hydroxylation is 2. The Balaban J connectivity index is 2.90. The molecular formula is C12H11ClO2. The molecule has 2 rings (SSSR count). The van der Waals surface area contributed by atoms with E-state index >= 15 is 0 Å². The second-order valence-electron chi connectivity index (χ2n) is 3.66. The van der Waals surface area contributed by atoms with Crippen LogP contribution in [0.25, 0.3) is 11.0 Å². The van der Waals surface area contributed by atoms with E-state index in [0.29, 0.717) is 11.5 Å². The Kier molecular flexibility index (Phi) is 2.53. The third-order valence-corrected chi connectivity index (χ3v) is 2.88. The van der Waals surface area contributed by atoms with Crippen LogP contribution in [-0.2, 0) is 5.88 Å². The first-order chi connectivity index (χ1) is 7.11. The lowest BCUT2D eigenvalue weighted by Gasteiger charge is -2.05. The van der Waals surface area contributed by atoms with Crippen LogP contribution in [0, 0.1) is 13.8 Å². The minimum atomic E-state index is -0.346. The van der Waals surface area contributed by atoms with Crippen LogP contribution in [0.15, 0.2) is 27.4 Å². The summed E-state index contributed by atoms with van der Waals surface area (Å²) in [6.07, 6.45) is 0. The number of alkyl halides is 1. The van der Waals surface area contributed by atoms with Gasteiger partial charge in [-0.2, -0.15) is 0 Å². The molecule has 0 fully saturated rings. The highest BCUT2D eigenvalue weighted by molar-refractivity contribution is 6.17. The van der Waals surface area contributed by atoms with Gasteiger partial charge in [0.2, 0.25) is 0 Å². The van der Waals surface area contributed by atoms with Gasteiger partial charge >= 0.3 is 5.63 Å². The average Bonchev–Trinajstić information content (AvgIpc) is 2.19. The maximum Gasteiger partial charge on any atom is 0.336 e. The summed E-state index contributed by atoms with van der Waals surface area (Å²) < 4.78 is 5.13. The van der Waals surface area contributed by atoms with Gasteiger partial charge in [-0.3, -0.25) is 0 Å². The normalized spacial score (nSPS) is 10.9. The second-order valence-corrected chi connectivity index (χ2v) is 3.92. The fourth-order valence-electron chi connectivity index (χ4n) is 1.59. The summed E-state index contributed by atoms with van der Waals surface area (Å²) in [4.78, 5) is 11.2. The summed E-state index contributed by atoms with van der Waals surface area (Å²) in [5, 5.41) is 0.924. The molecule has 78 valence electrons. The maximum atomic E-state index is 11.2. The van der Waals surface area contributed by atoms with Crippen LogP contribution < -0.4 is 5.63 Å². The van der Waals surface area contributed by atoms with E-state index in [2.05, 4.69) is 0 Å². The van der Waals surface area contributed by atoms with Crippen LogP contribution in [0.5, 0.6) is 0 Å². The van der Waals surface area contributed by atoms with E-state index in [1.54, 1.807) is 0 Å². The zero-order valence-electron chi connectivity index (χ0n) is 8.63. The number of hydrogen-bond donors (Lipinski definition) is 0. The van der Waals surface area contributed by atoms with Crippen molar-refractivity contribution in [3.8, 4) is 0 Å². The van der Waals surface area contributed by atoms with Crippen LogP contribution in [-0.4, -0.2) is 0 Å². The average molecular weight is 223 g/mol. The van der Waals surface area contributed by atoms with E-state index in [1.165, 1.54) is 11.6 Å². The molecule has 0 aliphatic carbocycles. The van der Waals surface area contributed by atoms with Gasteiger partial charge in [0.1, 0.15) is 5.58 Å². The van der Waals surface area contributed by atoms with Gasteiger partial charge in [0.25, 0.3) is 0 Å². The molecule has 1 heterocycles. The Bertz CT molecular complexity index is 570. The Hall–Kier alpha value is -1.28. The minimum Gasteiger partial charge on any atom is -0.423 e. The predicted octanol–water partition coefficient (Wildman–Crippen LogP) is 3.15. The van der Waals surface area contributed by atoms with Crippen LogP contribution in [0.4, 0.5) is 0 Å². The Morgan fingerprint density at radius 2 is 1.87 bits per heavy atom. The Labute approximate surface area is 92.5 Å². The molecule has 0 N–H and O–H groups in total. The molecule has 0 radical (unpaired) electrons. The molecule has 0 aliphatic rings. The first-order valence-electron chi connectivity index (χ1n) is 4.72. The highest BCUT2D eigenvalue weighted by atomic mass is 35.5. The van der Waals surface area contributed by atoms with E-state index in [1.807, 2.05) is 26.0 Å². The van der Waals surface area contributed by atoms with Crippen LogP contribution in [0.1, 0.15) is 16.7 Å². The van der Waals surface area contributed by atoms with E-state index in [-0.39, 0.29) is 5.63 Å². The van der Waals surface area contributed by atoms with Crippen molar-refractivity contribution in [1.29, 1.82) is 0 Å². The first kappa shape index (κ1) is 10.2. The number of benzene rings is 1. The molecule has 0 saturated heterocycles. The molecule has 2 nitrogen and oxygen atoms in total. The lowest BCUT2D eigenvalue weighted by Crippen LogP contribution is -2.00. The molecule has 3 heteroatoms. The molecule has 0 aliphatic heterocycles. The largest absolute Gasteiger partial charge is 0.423 e. The monoisotopic (exact) mass is 222 g/mol. The number of rotatable bonds is 1. The van der Waals surface area contributed by atoms with Gasteiger partial charge in [-0.05, 0) is 42.7 Å². The van der Waals surface area contributed by atoms with Gasteiger partial charge in [-0.1, -0.05) is 0 Å². The molecule has 0 amide bonds. The van der Waals surface area contributed by atoms with Crippen molar-refractivity contribution in [2.45, 2.75) is 19.7 Å². The van der Waals surface area contributed by atoms with Crippen molar-refractivity contribution in [3.63, 3.8) is 0 Å². The number of hydrogen-bond acceptors (Lipinski definition) is 2. The maximum absolute atomic E-state index is 11.2. The van der Waals surface area contributed by atoms with Crippen LogP contribution >= 0.6 is 11.6 Å². The second kappa shape index (κ2) is 3.70. The zero-order valence-corrected chi connectivity index (χ0v) is 9.39. The van der Waals surface area contributed by atoms with Gasteiger partial charge in [-0.15, -0.1) is 11.6 Å². The Morgan fingerprint density at radius 1 is 1.20 bits per heavy atom. The third-order valence-electron chi connectivity index (χ3n) is 2.59. The quantitative estimate of drug-likeness (QED) is 0.548. The van der Waals surface area contributed by atoms with Crippen LogP contribution in [0.3, 0.4) is 0 Å². The van der Waals surface area contributed by atoms with E-state index in [0.717, 1.165) is 16.5 Å². The summed E-state index contributed by atoms with van der Waals surface area (Å²) in [5.74, 6) is 0.324. The molecule has 0 bridgehead atoms. The number of halogens is 1. The zero-order chi connectivity index (χ0) is 11.0. The molecular weight excluding hydrogens is 212 g/mol. The van der Waals surface area contributed by atoms with E-state index in [4.69, 9.17) is 16.0 Å². The summed E-state index contributed by atoms with van der Waals surface area (Å²) in [7, 11) is 0. The molecule has 0 saturated carbocycles. The van der Waals surface area contributed by atoms with Gasteiger partial charge in [-0.25, -0.2) is 4.79 Å². The smallest absolute Gasteiger partial charge is 0.336 e. The van der Waals surface area contributed by atoms with Crippen molar-refractivity contribution < 1.29 is 4.42 Å². The van der Waals surface area contributed by atoms with Gasteiger partial charge in [0.05, 0.1) is 0 Å². The van der Waals surface area contributed by atoms with Crippen molar-refractivity contribution in [3.05, 3.63) is 45.3 Å². The predicted molar refractivity (Wildman–Crippen MR) is 61.5 cm³/mol. The topological polar surface area (TPSA) is 30.2 Å². The highest BCUT2D eigenvalue weighted by Gasteiger charge is 2.06. The molecule has 1 aromatic heterocycles. The van der Waals surface area contributed by atoms with Crippen molar-refractivity contribution in [2.75, 3.05) is 0 Å². The molecule has 0 atom stereocenters. The lowest BCUT2D eigenvalue weighted by molar-refractivity contribution is 0.559. The first-order valence-corrected chi connectivity index (χ1v) is 5.25. The SMILES string of the molecule is Cc1cc2oc(=O)cc(CCl)c2cc1C. The van der Waals surface area contributed by atoms with E-state index in [9.17, 15) is 4.79 Å². The fourth-order valence-corrected chi connectivity index (χ4v) is 1.81. The number of fused-ring (bicyclic) bond motifs is 1. The molecule has 15 heavy (non-hydrogen) atoms. The summed E-state index contributed by atoms with van der Waals surface area (Å²) in [5.41, 5.74) is 3.37. The Morgan fingerprint density at radius 3 is 2.53 bits per heavy atom. The molecule has 1 aromatic carbocycles. The van der Waals surface area contributed by atoms with Gasteiger partial charge in [0.15, 0.2) is 0 Å². The van der Waals surface area contributed by atoms with Crippen molar-refractivity contribution in [1.82, 2.24) is 0 Å². The van der Waals surface area contributed by atoms with Gasteiger partial charge < -0.3 is 4.42 Å². The third kappa shape index (κ3) is 1.77. The fraction of sp³-hybridized carbons (Fsp3) is 0.250. The lowest BCUT2D eigenvalue weighted by atomic mass is 10.0. The molecule has 2 aromatic rings. The molecule has 0 unspecified atom stereocenters. The summed E-state index contributed by atoms with van der Waals surface area (Å²) in [6, 6.07) is 5.33.